The predicted octanol–water partition coefficient (Wildman–Crippen LogP) is 4.51. The first kappa shape index (κ1) is 21.3. The van der Waals surface area contributed by atoms with Crippen molar-refractivity contribution in [2.75, 3.05) is 24.6 Å². The van der Waals surface area contributed by atoms with Crippen molar-refractivity contribution in [1.29, 1.82) is 0 Å². The van der Waals surface area contributed by atoms with E-state index in [1.807, 2.05) is 23.1 Å². The molecule has 0 aliphatic carbocycles. The van der Waals surface area contributed by atoms with E-state index in [4.69, 9.17) is 8.94 Å². The van der Waals surface area contributed by atoms with E-state index in [2.05, 4.69) is 4.98 Å². The number of nitrogens with zero attached hydrogens (tertiary/aromatic N) is 3. The molecule has 0 saturated carbocycles. The molecule has 8 nitrogen and oxygen atoms in total. The summed E-state index contributed by atoms with van der Waals surface area (Å²) in [4.78, 5) is 17.4. The smallest absolute Gasteiger partial charge is 0.284 e. The molecule has 0 spiro atoms. The van der Waals surface area contributed by atoms with Crippen molar-refractivity contribution in [3.05, 3.63) is 64.7 Å². The van der Waals surface area contributed by atoms with Crippen LogP contribution in [0.2, 0.25) is 0 Å². The van der Waals surface area contributed by atoms with Crippen LogP contribution in [0.15, 0.2) is 59.0 Å². The third-order valence-electron chi connectivity index (χ3n) is 5.23. The second-order valence-electron chi connectivity index (χ2n) is 7.31. The Labute approximate surface area is 180 Å². The molecule has 2 heterocycles. The van der Waals surface area contributed by atoms with Gasteiger partial charge < -0.3 is 13.8 Å². The van der Waals surface area contributed by atoms with Gasteiger partial charge in [-0.05, 0) is 44.4 Å². The van der Waals surface area contributed by atoms with E-state index in [1.165, 1.54) is 12.1 Å². The number of nitro groups is 1. The van der Waals surface area contributed by atoms with Gasteiger partial charge in [0.25, 0.3) is 13.1 Å². The highest BCUT2D eigenvalue weighted by Gasteiger charge is 2.38. The van der Waals surface area contributed by atoms with Crippen LogP contribution in [0.1, 0.15) is 26.2 Å². The Balaban J connectivity index is 1.88. The third-order valence-corrected chi connectivity index (χ3v) is 7.67. The summed E-state index contributed by atoms with van der Waals surface area (Å²) < 4.78 is 26.2. The summed E-state index contributed by atoms with van der Waals surface area (Å²) in [5.74, 6) is 0.608. The van der Waals surface area contributed by atoms with Gasteiger partial charge in [-0.2, -0.15) is 0 Å². The summed E-state index contributed by atoms with van der Waals surface area (Å²) in [6.07, 6.45) is 3.12. The minimum atomic E-state index is -3.54. The fourth-order valence-corrected chi connectivity index (χ4v) is 5.84. The van der Waals surface area contributed by atoms with E-state index in [-0.39, 0.29) is 23.6 Å². The van der Waals surface area contributed by atoms with Gasteiger partial charge in [0.1, 0.15) is 0 Å². The van der Waals surface area contributed by atoms with Crippen LogP contribution in [0.4, 0.5) is 11.6 Å². The van der Waals surface area contributed by atoms with E-state index in [0.29, 0.717) is 16.8 Å². The fraction of sp³-hybridized carbons (Fsp3) is 0.318. The van der Waals surface area contributed by atoms with Gasteiger partial charge in [-0.25, -0.2) is 4.98 Å². The molecule has 1 aromatic heterocycles. The molecule has 1 fully saturated rings. The molecular weight excluding hydrogens is 417 g/mol. The Morgan fingerprint density at radius 2 is 1.87 bits per heavy atom. The van der Waals surface area contributed by atoms with Crippen molar-refractivity contribution in [2.24, 2.45) is 0 Å². The molecule has 31 heavy (non-hydrogen) atoms. The van der Waals surface area contributed by atoms with Crippen molar-refractivity contribution in [3.63, 3.8) is 0 Å². The summed E-state index contributed by atoms with van der Waals surface area (Å²) in [6.45, 7) is 3.55. The van der Waals surface area contributed by atoms with Crippen LogP contribution < -0.4 is 15.6 Å². The zero-order valence-corrected chi connectivity index (χ0v) is 18.2. The zero-order chi connectivity index (χ0) is 21.8. The van der Waals surface area contributed by atoms with Gasteiger partial charge >= 0.3 is 0 Å². The molecule has 1 saturated heterocycles. The van der Waals surface area contributed by atoms with Crippen molar-refractivity contribution >= 4 is 29.7 Å². The van der Waals surface area contributed by atoms with Gasteiger partial charge in [-0.15, -0.1) is 0 Å². The maximum Gasteiger partial charge on any atom is 0.284 e. The number of nitro benzene ring substituents is 1. The molecule has 1 aliphatic rings. The van der Waals surface area contributed by atoms with Gasteiger partial charge in [0.15, 0.2) is 5.44 Å². The van der Waals surface area contributed by atoms with Crippen LogP contribution in [-0.2, 0) is 9.09 Å². The Kier molecular flexibility index (Phi) is 6.20. The zero-order valence-electron chi connectivity index (χ0n) is 17.3. The monoisotopic (exact) mass is 441 g/mol. The van der Waals surface area contributed by atoms with Crippen LogP contribution >= 0.6 is 7.37 Å². The lowest BCUT2D eigenvalue weighted by molar-refractivity contribution is -0.384. The normalized spacial score (nSPS) is 16.1. The molecule has 9 heteroatoms. The summed E-state index contributed by atoms with van der Waals surface area (Å²) in [6, 6.07) is 15.1. The number of non-ortho nitro benzene ring substituents is 1. The Bertz CT molecular complexity index is 1110. The van der Waals surface area contributed by atoms with E-state index >= 15 is 0 Å². The molecule has 3 aromatic rings. The second-order valence-corrected chi connectivity index (χ2v) is 9.61. The molecule has 0 N–H and O–H groups in total. The van der Waals surface area contributed by atoms with Crippen molar-refractivity contribution < 1.29 is 18.4 Å². The quantitative estimate of drug-likeness (QED) is 0.302. The number of rotatable bonds is 7. The van der Waals surface area contributed by atoms with Crippen LogP contribution in [0.5, 0.6) is 0 Å². The number of oxazole rings is 1. The van der Waals surface area contributed by atoms with Gasteiger partial charge in [0.2, 0.25) is 11.8 Å². The topological polar surface area (TPSA) is 98.7 Å². The van der Waals surface area contributed by atoms with Crippen molar-refractivity contribution in [3.8, 4) is 11.5 Å². The molecule has 0 amide bonds. The first-order valence-corrected chi connectivity index (χ1v) is 12.0. The number of anilines is 1. The van der Waals surface area contributed by atoms with E-state index in [1.54, 1.807) is 31.2 Å². The highest BCUT2D eigenvalue weighted by atomic mass is 31.2. The first-order chi connectivity index (χ1) is 15.0. The highest BCUT2D eigenvalue weighted by molar-refractivity contribution is 7.74. The maximum atomic E-state index is 14.2. The van der Waals surface area contributed by atoms with Gasteiger partial charge in [0.05, 0.1) is 11.5 Å². The molecular formula is C22H24N3O5P. The molecule has 1 aliphatic heterocycles. The molecule has 0 radical (unpaired) electrons. The molecule has 4 rings (SSSR count). The van der Waals surface area contributed by atoms with Crippen LogP contribution in [0, 0.1) is 10.1 Å². The Morgan fingerprint density at radius 3 is 2.55 bits per heavy atom. The second kappa shape index (κ2) is 9.04. The predicted molar refractivity (Wildman–Crippen MR) is 120 cm³/mol. The molecule has 162 valence electrons. The molecule has 1 atom stereocenters. The number of hydrogen-bond donors (Lipinski definition) is 0. The van der Waals surface area contributed by atoms with Gasteiger partial charge in [0, 0.05) is 36.1 Å². The number of aromatic nitrogens is 1. The van der Waals surface area contributed by atoms with E-state index in [9.17, 15) is 14.7 Å². The lowest BCUT2D eigenvalue weighted by Gasteiger charge is -2.28. The summed E-state index contributed by atoms with van der Waals surface area (Å²) in [5.41, 5.74) is 0.645. The number of piperidine rings is 1. The third kappa shape index (κ3) is 4.27. The lowest BCUT2D eigenvalue weighted by Crippen LogP contribution is -2.34. The molecule has 2 aromatic carbocycles. The average Bonchev–Trinajstić information content (AvgIpc) is 3.27. The van der Waals surface area contributed by atoms with E-state index in [0.717, 1.165) is 32.4 Å². The van der Waals surface area contributed by atoms with E-state index < -0.39 is 12.3 Å². The summed E-state index contributed by atoms with van der Waals surface area (Å²) in [7, 11) is -3.54. The molecule has 0 bridgehead atoms. The summed E-state index contributed by atoms with van der Waals surface area (Å²) >= 11 is 0. The number of hydrogen-bond acceptors (Lipinski definition) is 7. The van der Waals surface area contributed by atoms with Crippen molar-refractivity contribution in [1.82, 2.24) is 4.98 Å². The van der Waals surface area contributed by atoms with Crippen molar-refractivity contribution in [2.45, 2.75) is 26.2 Å². The van der Waals surface area contributed by atoms with Gasteiger partial charge in [-0.3, -0.25) is 14.7 Å². The van der Waals surface area contributed by atoms with Crippen LogP contribution in [-0.4, -0.2) is 29.6 Å². The highest BCUT2D eigenvalue weighted by Crippen LogP contribution is 2.48. The minimum Gasteiger partial charge on any atom is -0.420 e. The van der Waals surface area contributed by atoms with Crippen LogP contribution in [0.25, 0.3) is 11.5 Å². The average molecular weight is 441 g/mol. The minimum absolute atomic E-state index is 0.0622. The SMILES string of the molecule is CCOP(=O)(c1ccccc1)c1nc(-c2cccc([N+](=O)[O-])c2)oc1N1CCCCC1. The maximum absolute atomic E-state index is 14.2. The Morgan fingerprint density at radius 1 is 1.13 bits per heavy atom. The molecule has 1 unspecified atom stereocenters. The van der Waals surface area contributed by atoms with Crippen LogP contribution in [0.3, 0.4) is 0 Å². The fourth-order valence-electron chi connectivity index (χ4n) is 3.74. The first-order valence-electron chi connectivity index (χ1n) is 10.3. The standard InChI is InChI=1S/C22H24N3O5P/c1-2-29-31(28,19-12-5-3-6-13-19)21-22(24-14-7-4-8-15-24)30-20(23-21)17-10-9-11-18(16-17)25(26)27/h3,5-6,9-13,16H,2,4,7-8,14-15H2,1H3. The Hall–Kier alpha value is -2.96. The lowest BCUT2D eigenvalue weighted by atomic mass is 10.1. The van der Waals surface area contributed by atoms with Gasteiger partial charge in [-0.1, -0.05) is 24.3 Å². The summed E-state index contributed by atoms with van der Waals surface area (Å²) in [5, 5.41) is 11.8. The largest absolute Gasteiger partial charge is 0.420 e. The number of benzene rings is 2.